The number of ether oxygens (including phenoxy) is 1. The average molecular weight is 481 g/mol. The monoisotopic (exact) mass is 480 g/mol. The highest BCUT2D eigenvalue weighted by molar-refractivity contribution is 7.94. The minimum Gasteiger partial charge on any atom is -0.458 e. The van der Waals surface area contributed by atoms with Gasteiger partial charge in [-0.25, -0.2) is 9.78 Å². The molecule has 0 amide bonds. The summed E-state index contributed by atoms with van der Waals surface area (Å²) in [6.07, 6.45) is 2.13. The molecule has 0 N–H and O–H groups in total. The van der Waals surface area contributed by atoms with Gasteiger partial charge in [-0.1, -0.05) is 6.92 Å². The summed E-state index contributed by atoms with van der Waals surface area (Å²) in [5.41, 5.74) is 8.05. The quantitative estimate of drug-likeness (QED) is 0.317. The zero-order valence-corrected chi connectivity index (χ0v) is 21.1. The molecule has 5 rings (SSSR count). The standard InChI is InChI=1S/C25H26N2O4S.CH2O/c1-7-25(31-32-6)18-9-20-22-16(10-27(20)23(28)17(18)11-30-24(25)29)15(5)21-14(4)13(3)12(2)8-19(21)26-22;1-2/h8-9H,7,10-11H2,1-6H3;1H2. The van der Waals surface area contributed by atoms with Crippen LogP contribution in [0.15, 0.2) is 16.9 Å². The molecule has 2 aliphatic rings. The van der Waals surface area contributed by atoms with Crippen molar-refractivity contribution in [1.82, 2.24) is 9.55 Å². The van der Waals surface area contributed by atoms with Crippen molar-refractivity contribution >= 4 is 35.7 Å². The predicted molar refractivity (Wildman–Crippen MR) is 133 cm³/mol. The Kier molecular flexibility index (Phi) is 6.16. The number of aromatic nitrogens is 2. The Labute approximate surface area is 202 Å². The van der Waals surface area contributed by atoms with Crippen molar-refractivity contribution in [2.45, 2.75) is 59.8 Å². The molecule has 1 atom stereocenters. The maximum atomic E-state index is 13.5. The largest absolute Gasteiger partial charge is 0.458 e. The Morgan fingerprint density at radius 3 is 2.47 bits per heavy atom. The number of carbonyl (C=O) groups is 2. The first-order chi connectivity index (χ1) is 16.2. The molecule has 0 aliphatic carbocycles. The van der Waals surface area contributed by atoms with Crippen LogP contribution in [-0.4, -0.2) is 28.6 Å². The van der Waals surface area contributed by atoms with Gasteiger partial charge in [-0.15, -0.1) is 0 Å². The second kappa shape index (κ2) is 8.67. The first-order valence-corrected chi connectivity index (χ1v) is 12.3. The Balaban J connectivity index is 0.00000133. The number of hydrogen-bond acceptors (Lipinski definition) is 7. The molecule has 7 nitrogen and oxygen atoms in total. The SMILES string of the molecule is C=O.CCC1(OSC)C(=O)OCc2c1cc1n(c2=O)Cc2c-1nc1cc(C)c(C)c(C)c1c2C. The number of fused-ring (bicyclic) bond motifs is 5. The lowest BCUT2D eigenvalue weighted by Gasteiger charge is -2.34. The number of rotatable bonds is 3. The Bertz CT molecular complexity index is 1410. The van der Waals surface area contributed by atoms with Gasteiger partial charge in [0.15, 0.2) is 0 Å². The van der Waals surface area contributed by atoms with E-state index in [9.17, 15) is 9.59 Å². The zero-order valence-electron chi connectivity index (χ0n) is 20.3. The summed E-state index contributed by atoms with van der Waals surface area (Å²) in [6, 6.07) is 4.05. The van der Waals surface area contributed by atoms with Gasteiger partial charge in [0, 0.05) is 22.8 Å². The van der Waals surface area contributed by atoms with E-state index in [0.29, 0.717) is 24.1 Å². The fourth-order valence-corrected chi connectivity index (χ4v) is 5.78. The number of benzene rings is 1. The summed E-state index contributed by atoms with van der Waals surface area (Å²) in [7, 11) is 0. The Hall–Kier alpha value is -2.97. The lowest BCUT2D eigenvalue weighted by molar-refractivity contribution is -0.167. The van der Waals surface area contributed by atoms with Crippen molar-refractivity contribution in [3.8, 4) is 11.4 Å². The molecule has 0 fully saturated rings. The van der Waals surface area contributed by atoms with E-state index >= 15 is 0 Å². The summed E-state index contributed by atoms with van der Waals surface area (Å²) in [5, 5.41) is 1.16. The molecule has 34 heavy (non-hydrogen) atoms. The molecule has 0 spiro atoms. The molecule has 0 saturated carbocycles. The van der Waals surface area contributed by atoms with Crippen molar-refractivity contribution in [3.63, 3.8) is 0 Å². The van der Waals surface area contributed by atoms with Gasteiger partial charge in [0.2, 0.25) is 5.60 Å². The van der Waals surface area contributed by atoms with Crippen LogP contribution in [0.25, 0.3) is 22.3 Å². The number of cyclic esters (lactones) is 1. The van der Waals surface area contributed by atoms with Crippen LogP contribution in [0.3, 0.4) is 0 Å². The molecule has 178 valence electrons. The van der Waals surface area contributed by atoms with Crippen LogP contribution in [0.4, 0.5) is 0 Å². The predicted octanol–water partition coefficient (Wildman–Crippen LogP) is 4.43. The third kappa shape index (κ3) is 3.15. The van der Waals surface area contributed by atoms with E-state index in [0.717, 1.165) is 45.5 Å². The van der Waals surface area contributed by atoms with Gasteiger partial charge < -0.3 is 14.1 Å². The summed E-state index contributed by atoms with van der Waals surface area (Å²) in [5.74, 6) is -0.450. The van der Waals surface area contributed by atoms with Crippen LogP contribution in [0.1, 0.15) is 52.3 Å². The number of nitrogens with zero attached hydrogens (tertiary/aromatic N) is 2. The molecule has 3 aromatic rings. The van der Waals surface area contributed by atoms with E-state index in [-0.39, 0.29) is 12.2 Å². The highest BCUT2D eigenvalue weighted by atomic mass is 32.2. The second-order valence-electron chi connectivity index (χ2n) is 8.72. The molecule has 2 aliphatic heterocycles. The van der Waals surface area contributed by atoms with Crippen LogP contribution >= 0.6 is 12.0 Å². The van der Waals surface area contributed by atoms with Crippen LogP contribution in [-0.2, 0) is 37.3 Å². The Morgan fingerprint density at radius 1 is 1.12 bits per heavy atom. The van der Waals surface area contributed by atoms with Gasteiger partial charge in [0.25, 0.3) is 5.56 Å². The minimum absolute atomic E-state index is 0.0327. The maximum absolute atomic E-state index is 13.5. The summed E-state index contributed by atoms with van der Waals surface area (Å²) >= 11 is 1.11. The van der Waals surface area contributed by atoms with E-state index in [1.165, 1.54) is 16.7 Å². The second-order valence-corrected chi connectivity index (χ2v) is 9.22. The van der Waals surface area contributed by atoms with Gasteiger partial charge in [0.1, 0.15) is 13.4 Å². The molecule has 1 unspecified atom stereocenters. The van der Waals surface area contributed by atoms with E-state index in [1.54, 1.807) is 10.8 Å². The van der Waals surface area contributed by atoms with Crippen molar-refractivity contribution in [2.75, 3.05) is 6.26 Å². The minimum atomic E-state index is -1.29. The fraction of sp³-hybridized carbons (Fsp3) is 0.385. The smallest absolute Gasteiger partial charge is 0.344 e. The summed E-state index contributed by atoms with van der Waals surface area (Å²) < 4.78 is 13.0. The summed E-state index contributed by atoms with van der Waals surface area (Å²) in [6.45, 7) is 12.8. The van der Waals surface area contributed by atoms with E-state index in [4.69, 9.17) is 18.7 Å². The van der Waals surface area contributed by atoms with Gasteiger partial charge in [-0.2, -0.15) is 0 Å². The number of pyridine rings is 2. The van der Waals surface area contributed by atoms with E-state index in [2.05, 4.69) is 33.8 Å². The molecule has 8 heteroatoms. The molecule has 0 bridgehead atoms. The molecule has 0 saturated heterocycles. The van der Waals surface area contributed by atoms with Crippen LogP contribution in [0, 0.1) is 27.7 Å². The van der Waals surface area contributed by atoms with Crippen LogP contribution in [0.5, 0.6) is 0 Å². The Morgan fingerprint density at radius 2 is 1.82 bits per heavy atom. The van der Waals surface area contributed by atoms with Crippen LogP contribution in [0.2, 0.25) is 0 Å². The fourth-order valence-electron chi connectivity index (χ4n) is 5.22. The number of esters is 1. The highest BCUT2D eigenvalue weighted by Gasteiger charge is 2.48. The van der Waals surface area contributed by atoms with Gasteiger partial charge in [-0.3, -0.25) is 8.98 Å². The molecule has 4 heterocycles. The molecular formula is C26H28N2O5S. The summed E-state index contributed by atoms with van der Waals surface area (Å²) in [4.78, 5) is 39.4. The highest BCUT2D eigenvalue weighted by Crippen LogP contribution is 2.43. The number of carbonyl (C=O) groups excluding carboxylic acids is 2. The van der Waals surface area contributed by atoms with Crippen LogP contribution < -0.4 is 5.56 Å². The normalized spacial score (nSPS) is 18.0. The zero-order chi connectivity index (χ0) is 24.9. The molecule has 1 aromatic carbocycles. The van der Waals surface area contributed by atoms with E-state index < -0.39 is 11.6 Å². The third-order valence-electron chi connectivity index (χ3n) is 7.28. The molecular weight excluding hydrogens is 452 g/mol. The van der Waals surface area contributed by atoms with Crippen molar-refractivity contribution < 1.29 is 18.5 Å². The van der Waals surface area contributed by atoms with Crippen molar-refractivity contribution in [1.29, 1.82) is 0 Å². The average Bonchev–Trinajstić information content (AvgIpc) is 3.20. The first-order valence-electron chi connectivity index (χ1n) is 11.1. The lowest BCUT2D eigenvalue weighted by atomic mass is 9.86. The van der Waals surface area contributed by atoms with Crippen molar-refractivity contribution in [3.05, 3.63) is 61.4 Å². The van der Waals surface area contributed by atoms with E-state index in [1.807, 2.05) is 19.8 Å². The topological polar surface area (TPSA) is 87.5 Å². The molecule has 0 radical (unpaired) electrons. The maximum Gasteiger partial charge on any atom is 0.344 e. The third-order valence-corrected chi connectivity index (χ3v) is 7.73. The van der Waals surface area contributed by atoms with Crippen molar-refractivity contribution in [2.24, 2.45) is 0 Å². The number of aryl methyl sites for hydroxylation is 3. The lowest BCUT2D eigenvalue weighted by Crippen LogP contribution is -2.45. The molecule has 2 aromatic heterocycles. The first kappa shape index (κ1) is 24.2. The van der Waals surface area contributed by atoms with Gasteiger partial charge in [-0.05, 0) is 80.5 Å². The number of hydrogen-bond donors (Lipinski definition) is 0. The van der Waals surface area contributed by atoms with Gasteiger partial charge in [0.05, 0.1) is 29.0 Å². The van der Waals surface area contributed by atoms with Gasteiger partial charge >= 0.3 is 5.97 Å².